The summed E-state index contributed by atoms with van der Waals surface area (Å²) in [5, 5.41) is 0.445. The van der Waals surface area contributed by atoms with Crippen LogP contribution in [0.15, 0.2) is 18.3 Å². The smallest absolute Gasteiger partial charge is 0.179 e. The monoisotopic (exact) mass is 221 g/mol. The molecule has 0 saturated heterocycles. The highest BCUT2D eigenvalue weighted by Crippen LogP contribution is 2.21. The van der Waals surface area contributed by atoms with Gasteiger partial charge in [-0.05, 0) is 12.1 Å². The molecule has 0 atom stereocenters. The molecule has 2 aromatic heterocycles. The molecule has 0 aliphatic heterocycles. The number of hydrogen-bond acceptors (Lipinski definition) is 3. The molecular formula is C11H12ClN3. The summed E-state index contributed by atoms with van der Waals surface area (Å²) in [6.45, 7) is 6.31. The van der Waals surface area contributed by atoms with Crippen LogP contribution in [0.3, 0.4) is 0 Å². The number of aromatic nitrogens is 3. The van der Waals surface area contributed by atoms with Gasteiger partial charge >= 0.3 is 0 Å². The molecule has 0 amide bonds. The summed E-state index contributed by atoms with van der Waals surface area (Å²) in [6.07, 6.45) is 1.76. The first-order valence-corrected chi connectivity index (χ1v) is 5.14. The van der Waals surface area contributed by atoms with Gasteiger partial charge in [-0.1, -0.05) is 32.4 Å². The van der Waals surface area contributed by atoms with Gasteiger partial charge in [0.25, 0.3) is 0 Å². The number of halogens is 1. The number of rotatable bonds is 0. The standard InChI is InChI=1S/C11H12ClN3/c1-11(2,3)8-6-13-10-7(14-8)4-5-9(12)15-10/h4-6H,1-3H3. The molecular weight excluding hydrogens is 210 g/mol. The Morgan fingerprint density at radius 1 is 1.13 bits per heavy atom. The fourth-order valence-corrected chi connectivity index (χ4v) is 1.39. The Balaban J connectivity index is 2.62. The molecule has 0 bridgehead atoms. The Kier molecular flexibility index (Phi) is 2.35. The molecule has 3 nitrogen and oxygen atoms in total. The maximum atomic E-state index is 5.77. The van der Waals surface area contributed by atoms with Gasteiger partial charge in [0.05, 0.1) is 11.9 Å². The van der Waals surface area contributed by atoms with Crippen molar-refractivity contribution in [1.82, 2.24) is 15.0 Å². The average Bonchev–Trinajstić information content (AvgIpc) is 2.15. The molecule has 0 saturated carbocycles. The van der Waals surface area contributed by atoms with E-state index in [1.807, 2.05) is 6.07 Å². The molecule has 0 fully saturated rings. The van der Waals surface area contributed by atoms with E-state index in [1.54, 1.807) is 12.3 Å². The van der Waals surface area contributed by atoms with Gasteiger partial charge in [-0.25, -0.2) is 15.0 Å². The fraction of sp³-hybridized carbons (Fsp3) is 0.364. The van der Waals surface area contributed by atoms with Crippen LogP contribution in [0.1, 0.15) is 26.5 Å². The lowest BCUT2D eigenvalue weighted by atomic mass is 9.93. The maximum Gasteiger partial charge on any atom is 0.179 e. The van der Waals surface area contributed by atoms with Crippen molar-refractivity contribution in [3.8, 4) is 0 Å². The first kappa shape index (κ1) is 10.3. The number of nitrogens with zero attached hydrogens (tertiary/aromatic N) is 3. The van der Waals surface area contributed by atoms with Crippen molar-refractivity contribution in [3.63, 3.8) is 0 Å². The lowest BCUT2D eigenvalue weighted by Crippen LogP contribution is -2.14. The molecule has 2 aromatic rings. The highest BCUT2D eigenvalue weighted by Gasteiger charge is 2.16. The van der Waals surface area contributed by atoms with Gasteiger partial charge in [-0.2, -0.15) is 0 Å². The minimum Gasteiger partial charge on any atom is -0.247 e. The number of fused-ring (bicyclic) bond motifs is 1. The van der Waals surface area contributed by atoms with Crippen molar-refractivity contribution >= 4 is 22.8 Å². The Morgan fingerprint density at radius 2 is 1.87 bits per heavy atom. The van der Waals surface area contributed by atoms with Crippen molar-refractivity contribution in [2.24, 2.45) is 0 Å². The largest absolute Gasteiger partial charge is 0.247 e. The summed E-state index contributed by atoms with van der Waals surface area (Å²) in [5.41, 5.74) is 2.34. The van der Waals surface area contributed by atoms with E-state index in [4.69, 9.17) is 11.6 Å². The van der Waals surface area contributed by atoms with Crippen LogP contribution in [0.4, 0.5) is 0 Å². The molecule has 0 aliphatic rings. The lowest BCUT2D eigenvalue weighted by molar-refractivity contribution is 0.568. The summed E-state index contributed by atoms with van der Waals surface area (Å²) in [5.74, 6) is 0. The van der Waals surface area contributed by atoms with Gasteiger partial charge in [-0.15, -0.1) is 0 Å². The van der Waals surface area contributed by atoms with E-state index in [1.165, 1.54) is 0 Å². The predicted molar refractivity (Wildman–Crippen MR) is 61.0 cm³/mol. The van der Waals surface area contributed by atoms with E-state index in [9.17, 15) is 0 Å². The molecule has 78 valence electrons. The van der Waals surface area contributed by atoms with Crippen molar-refractivity contribution in [1.29, 1.82) is 0 Å². The van der Waals surface area contributed by atoms with Crippen LogP contribution in [0.2, 0.25) is 5.15 Å². The summed E-state index contributed by atoms with van der Waals surface area (Å²) >= 11 is 5.77. The molecule has 4 heteroatoms. The topological polar surface area (TPSA) is 38.7 Å². The zero-order chi connectivity index (χ0) is 11.1. The second-order valence-electron chi connectivity index (χ2n) is 4.48. The quantitative estimate of drug-likeness (QED) is 0.642. The van der Waals surface area contributed by atoms with Gasteiger partial charge in [0, 0.05) is 5.41 Å². The molecule has 15 heavy (non-hydrogen) atoms. The maximum absolute atomic E-state index is 5.77. The Labute approximate surface area is 93.5 Å². The van der Waals surface area contributed by atoms with E-state index in [0.29, 0.717) is 10.8 Å². The Hall–Kier alpha value is -1.22. The van der Waals surface area contributed by atoms with E-state index in [2.05, 4.69) is 35.7 Å². The third-order valence-electron chi connectivity index (χ3n) is 2.14. The van der Waals surface area contributed by atoms with Crippen molar-refractivity contribution < 1.29 is 0 Å². The van der Waals surface area contributed by atoms with Crippen molar-refractivity contribution in [2.45, 2.75) is 26.2 Å². The van der Waals surface area contributed by atoms with Crippen LogP contribution in [-0.2, 0) is 5.41 Å². The molecule has 0 unspecified atom stereocenters. The van der Waals surface area contributed by atoms with Gasteiger partial charge < -0.3 is 0 Å². The van der Waals surface area contributed by atoms with E-state index in [-0.39, 0.29) is 5.41 Å². The van der Waals surface area contributed by atoms with Crippen LogP contribution >= 0.6 is 11.6 Å². The third-order valence-corrected chi connectivity index (χ3v) is 2.35. The average molecular weight is 222 g/mol. The fourth-order valence-electron chi connectivity index (χ4n) is 1.24. The van der Waals surface area contributed by atoms with Crippen molar-refractivity contribution in [2.75, 3.05) is 0 Å². The molecule has 0 spiro atoms. The van der Waals surface area contributed by atoms with Crippen LogP contribution in [0.25, 0.3) is 11.2 Å². The van der Waals surface area contributed by atoms with Gasteiger partial charge in [-0.3, -0.25) is 0 Å². The highest BCUT2D eigenvalue weighted by molar-refractivity contribution is 6.29. The first-order chi connectivity index (χ1) is 6.97. The van der Waals surface area contributed by atoms with Gasteiger partial charge in [0.2, 0.25) is 0 Å². The zero-order valence-electron chi connectivity index (χ0n) is 8.95. The second-order valence-corrected chi connectivity index (χ2v) is 4.87. The van der Waals surface area contributed by atoms with Gasteiger partial charge in [0.15, 0.2) is 5.65 Å². The van der Waals surface area contributed by atoms with E-state index < -0.39 is 0 Å². The lowest BCUT2D eigenvalue weighted by Gasteiger charge is -2.16. The Bertz CT molecular complexity index is 503. The molecule has 0 radical (unpaired) electrons. The minimum absolute atomic E-state index is 0.000820. The molecule has 0 N–H and O–H groups in total. The number of hydrogen-bond donors (Lipinski definition) is 0. The Morgan fingerprint density at radius 3 is 2.53 bits per heavy atom. The van der Waals surface area contributed by atoms with Crippen LogP contribution in [0, 0.1) is 0 Å². The molecule has 0 aromatic carbocycles. The van der Waals surface area contributed by atoms with Crippen molar-refractivity contribution in [3.05, 3.63) is 29.2 Å². The van der Waals surface area contributed by atoms with Crippen LogP contribution < -0.4 is 0 Å². The molecule has 2 heterocycles. The second kappa shape index (κ2) is 3.42. The summed E-state index contributed by atoms with van der Waals surface area (Å²) in [4.78, 5) is 12.8. The summed E-state index contributed by atoms with van der Waals surface area (Å²) < 4.78 is 0. The summed E-state index contributed by atoms with van der Waals surface area (Å²) in [6, 6.07) is 3.57. The van der Waals surface area contributed by atoms with Crippen LogP contribution in [0.5, 0.6) is 0 Å². The van der Waals surface area contributed by atoms with Crippen LogP contribution in [-0.4, -0.2) is 15.0 Å². The number of pyridine rings is 1. The summed E-state index contributed by atoms with van der Waals surface area (Å²) in [7, 11) is 0. The highest BCUT2D eigenvalue weighted by atomic mass is 35.5. The van der Waals surface area contributed by atoms with E-state index >= 15 is 0 Å². The third kappa shape index (κ3) is 2.07. The SMILES string of the molecule is CC(C)(C)c1cnc2nc(Cl)ccc2n1. The van der Waals surface area contributed by atoms with E-state index in [0.717, 1.165) is 11.2 Å². The van der Waals surface area contributed by atoms with Gasteiger partial charge in [0.1, 0.15) is 10.7 Å². The predicted octanol–water partition coefficient (Wildman–Crippen LogP) is 2.98. The molecule has 0 aliphatic carbocycles. The zero-order valence-corrected chi connectivity index (χ0v) is 9.71. The minimum atomic E-state index is 0.000820. The first-order valence-electron chi connectivity index (χ1n) is 4.76. The normalized spacial score (nSPS) is 12.0. The molecule has 2 rings (SSSR count).